The smallest absolute Gasteiger partial charge is 0.253 e. The van der Waals surface area contributed by atoms with Crippen molar-refractivity contribution < 1.29 is 63.4 Å². The summed E-state index contributed by atoms with van der Waals surface area (Å²) in [5, 5.41) is 9.10. The molecule has 27 heteroatoms. The molecule has 3 aromatic carbocycles. The van der Waals surface area contributed by atoms with Gasteiger partial charge in [-0.25, -0.2) is 38.2 Å². The van der Waals surface area contributed by atoms with E-state index in [2.05, 4.69) is 25.8 Å². The molecule has 3 heterocycles. The number of hydrogen-bond acceptors (Lipinski definition) is 17. The lowest BCUT2D eigenvalue weighted by atomic mass is 9.89. The predicted octanol–water partition coefficient (Wildman–Crippen LogP) is 3.69. The van der Waals surface area contributed by atoms with Gasteiger partial charge in [0.15, 0.2) is 0 Å². The summed E-state index contributed by atoms with van der Waals surface area (Å²) in [5.41, 5.74) is 22.1. The van der Waals surface area contributed by atoms with Crippen molar-refractivity contribution >= 4 is 59.5 Å². The number of rotatable bonds is 31. The van der Waals surface area contributed by atoms with Gasteiger partial charge in [0.2, 0.25) is 36.0 Å². The van der Waals surface area contributed by atoms with E-state index in [1.807, 2.05) is 32.9 Å². The second-order valence-corrected chi connectivity index (χ2v) is 29.7. The minimum absolute atomic E-state index is 0.00410. The number of nitrogens with zero attached hydrogens (tertiary/aromatic N) is 7. The van der Waals surface area contributed by atoms with Crippen LogP contribution >= 0.6 is 0 Å². The molecule has 6 N–H and O–H groups in total. The van der Waals surface area contributed by atoms with E-state index in [-0.39, 0.29) is 92.9 Å². The number of sulfonamides is 3. The van der Waals surface area contributed by atoms with Gasteiger partial charge in [-0.1, -0.05) is 36.4 Å². The number of benzene rings is 3. The molecule has 3 aliphatic heterocycles. The molecule has 3 fully saturated rings. The highest BCUT2D eigenvalue weighted by Crippen LogP contribution is 2.25. The number of ketones is 1. The van der Waals surface area contributed by atoms with E-state index < -0.39 is 47.1 Å². The monoisotopic (exact) mass is 1340 g/mol. The van der Waals surface area contributed by atoms with E-state index in [1.165, 1.54) is 12.9 Å². The molecule has 0 aromatic heterocycles. The molecule has 0 atom stereocenters. The van der Waals surface area contributed by atoms with Gasteiger partial charge in [0.25, 0.3) is 17.7 Å². The van der Waals surface area contributed by atoms with Crippen molar-refractivity contribution in [2.24, 2.45) is 17.2 Å². The third-order valence-electron chi connectivity index (χ3n) is 16.5. The van der Waals surface area contributed by atoms with Crippen LogP contribution in [0.2, 0.25) is 0 Å². The van der Waals surface area contributed by atoms with Gasteiger partial charge in [0.1, 0.15) is 11.3 Å². The van der Waals surface area contributed by atoms with Crippen molar-refractivity contribution in [2.45, 2.75) is 89.6 Å². The van der Waals surface area contributed by atoms with Crippen LogP contribution in [0.4, 0.5) is 0 Å². The topological polar surface area (TPSA) is 337 Å². The standard InChI is InChI=1S/C22H34N4O5S.C22H32N4O4S.C21H30N2O5S/c1-4-13-31-14-12-25(3)20(27)19-6-5-18(17(2)16-19)7-15-32(29,30)26-10-8-22(24,9-11-26)21(23)28;1-4-13-30-14-12-25(3)21(27)20-6-5-19(18(2)16-20)7-15-31(28,29)26-10-8-22(24,17-23)9-11-26;1-4-13-28-14-12-22(3)21(25)19-6-5-18(17(2)16-19)9-15-29(26,27)23-10-7-20(24)8-11-23/h4-6,16H,1,7-15,24H2,2-3H3,(H2,23,28);4-6,16H,1,7-15,24H2,2-3H3;4-6,16H,1,7-15H2,2-3H3. The van der Waals surface area contributed by atoms with E-state index in [1.54, 1.807) is 96.5 Å². The van der Waals surface area contributed by atoms with Crippen LogP contribution in [0, 0.1) is 32.1 Å². The summed E-state index contributed by atoms with van der Waals surface area (Å²) in [6.45, 7) is 21.8. The van der Waals surface area contributed by atoms with Crippen molar-refractivity contribution in [1.82, 2.24) is 27.6 Å². The number of carbonyl (C=O) groups is 5. The van der Waals surface area contributed by atoms with Crippen LogP contribution < -0.4 is 17.2 Å². The van der Waals surface area contributed by atoms with Crippen molar-refractivity contribution in [2.75, 3.05) is 137 Å². The maximum Gasteiger partial charge on any atom is 0.253 e. The average Bonchev–Trinajstić information content (AvgIpc) is 0.941. The number of primary amides is 1. The first-order valence-electron chi connectivity index (χ1n) is 30.7. The quantitative estimate of drug-likeness (QED) is 0.0611. The molecule has 0 aliphatic carbocycles. The molecule has 0 radical (unpaired) electrons. The highest BCUT2D eigenvalue weighted by Gasteiger charge is 2.39. The third kappa shape index (κ3) is 24.1. The van der Waals surface area contributed by atoms with Crippen molar-refractivity contribution in [3.63, 3.8) is 0 Å². The normalized spacial score (nSPS) is 16.1. The van der Waals surface area contributed by atoms with Gasteiger partial charge in [-0.2, -0.15) is 5.26 Å². The summed E-state index contributed by atoms with van der Waals surface area (Å²) in [5.74, 6) is -0.910. The molecule has 3 aliphatic rings. The SMILES string of the molecule is C=CCOCCN(C)C(=O)c1ccc(CCS(=O)(=O)N2CCC(=O)CC2)c(C)c1.C=CCOCCN(C)C(=O)c1ccc(CCS(=O)(=O)N2CCC(N)(C#N)CC2)c(C)c1.C=CCOCCN(C)C(=O)c1ccc(CCS(=O)(=O)N2CCC(N)(C(N)=O)CC2)c(C)c1. The first-order valence-corrected chi connectivity index (χ1v) is 35.5. The van der Waals surface area contributed by atoms with Crippen LogP contribution in [0.25, 0.3) is 0 Å². The van der Waals surface area contributed by atoms with Crippen LogP contribution in [0.5, 0.6) is 0 Å². The summed E-state index contributed by atoms with van der Waals surface area (Å²) < 4.78 is 96.1. The molecule has 0 bridgehead atoms. The summed E-state index contributed by atoms with van der Waals surface area (Å²) in [6, 6.07) is 18.1. The van der Waals surface area contributed by atoms with Crippen LogP contribution in [-0.2, 0) is 73.1 Å². The molecule has 3 saturated heterocycles. The van der Waals surface area contributed by atoms with E-state index >= 15 is 0 Å². The van der Waals surface area contributed by atoms with Crippen LogP contribution in [0.15, 0.2) is 92.6 Å². The minimum Gasteiger partial charge on any atom is -0.376 e. The van der Waals surface area contributed by atoms with Crippen molar-refractivity contribution in [3.8, 4) is 6.07 Å². The van der Waals surface area contributed by atoms with Gasteiger partial charge in [0, 0.05) is 110 Å². The number of nitrogens with two attached hydrogens (primary N) is 3. The number of nitriles is 1. The average molecular weight is 1340 g/mol. The second kappa shape index (κ2) is 36.8. The fraction of sp³-hybridized carbons (Fsp3) is 0.538. The molecule has 4 amide bonds. The Hall–Kier alpha value is -6.55. The zero-order valence-electron chi connectivity index (χ0n) is 54.4. The molecular formula is C65H96N10O14S3. The maximum absolute atomic E-state index is 12.8. The largest absolute Gasteiger partial charge is 0.376 e. The number of hydrogen-bond donors (Lipinski definition) is 3. The van der Waals surface area contributed by atoms with Crippen LogP contribution in [0.1, 0.15) is 103 Å². The van der Waals surface area contributed by atoms with Crippen LogP contribution in [0.3, 0.4) is 0 Å². The van der Waals surface area contributed by atoms with Crippen LogP contribution in [-0.4, -0.2) is 230 Å². The van der Waals surface area contributed by atoms with Gasteiger partial charge < -0.3 is 46.1 Å². The molecule has 24 nitrogen and oxygen atoms in total. The van der Waals surface area contributed by atoms with Crippen molar-refractivity contribution in [1.29, 1.82) is 5.26 Å². The Morgan fingerprint density at radius 1 is 0.543 bits per heavy atom. The molecule has 6 rings (SSSR count). The second-order valence-electron chi connectivity index (χ2n) is 23.4. The Bertz CT molecular complexity index is 3420. The summed E-state index contributed by atoms with van der Waals surface area (Å²) >= 11 is 0. The molecule has 0 unspecified atom stereocenters. The van der Waals surface area contributed by atoms with Gasteiger partial charge in [-0.3, -0.25) is 24.0 Å². The first kappa shape index (κ1) is 77.9. The molecule has 92 heavy (non-hydrogen) atoms. The molecular weight excluding hydrogens is 1240 g/mol. The molecule has 0 saturated carbocycles. The summed E-state index contributed by atoms with van der Waals surface area (Å²) in [6.07, 6.45) is 7.72. The molecule has 3 aromatic rings. The predicted molar refractivity (Wildman–Crippen MR) is 356 cm³/mol. The number of likely N-dealkylation sites (N-methyl/N-ethyl adjacent to an activating group) is 3. The van der Waals surface area contributed by atoms with E-state index in [4.69, 9.17) is 36.7 Å². The zero-order valence-corrected chi connectivity index (χ0v) is 56.9. The Kier molecular flexibility index (Phi) is 31.1. The summed E-state index contributed by atoms with van der Waals surface area (Å²) in [4.78, 5) is 65.3. The summed E-state index contributed by atoms with van der Waals surface area (Å²) in [7, 11) is -5.18. The lowest BCUT2D eigenvalue weighted by Crippen LogP contribution is -2.59. The van der Waals surface area contributed by atoms with Gasteiger partial charge >= 0.3 is 0 Å². The molecule has 0 spiro atoms. The number of carbonyl (C=O) groups excluding carboxylic acids is 5. The highest BCUT2D eigenvalue weighted by atomic mass is 32.2. The third-order valence-corrected chi connectivity index (χ3v) is 22.1. The number of amides is 4. The fourth-order valence-corrected chi connectivity index (χ4v) is 14.6. The number of Topliss-reactive ketones (excluding diaryl/α,β-unsaturated/α-hetero) is 1. The lowest BCUT2D eigenvalue weighted by Gasteiger charge is -2.36. The van der Waals surface area contributed by atoms with Gasteiger partial charge in [-0.05, 0) is 135 Å². The van der Waals surface area contributed by atoms with Gasteiger partial charge in [0.05, 0.1) is 68.5 Å². The molecule has 508 valence electrons. The Balaban J connectivity index is 0.000000295. The Morgan fingerprint density at radius 2 is 0.837 bits per heavy atom. The highest BCUT2D eigenvalue weighted by molar-refractivity contribution is 7.89. The zero-order chi connectivity index (χ0) is 68.5. The Morgan fingerprint density at radius 3 is 1.11 bits per heavy atom. The van der Waals surface area contributed by atoms with E-state index in [0.717, 1.165) is 33.4 Å². The van der Waals surface area contributed by atoms with E-state index in [9.17, 15) is 49.2 Å². The first-order chi connectivity index (χ1) is 43.4. The fourth-order valence-electron chi connectivity index (χ4n) is 10.2. The number of ether oxygens (including phenoxy) is 3. The maximum atomic E-state index is 12.8. The lowest BCUT2D eigenvalue weighted by molar-refractivity contribution is -0.124. The van der Waals surface area contributed by atoms with E-state index in [0.29, 0.717) is 121 Å². The van der Waals surface area contributed by atoms with Gasteiger partial charge in [-0.15, -0.1) is 19.7 Å². The van der Waals surface area contributed by atoms with Crippen molar-refractivity contribution in [3.05, 3.63) is 143 Å². The Labute approximate surface area is 545 Å². The minimum atomic E-state index is -3.50. The number of aryl methyl sites for hydroxylation is 6. The number of piperidine rings is 3.